The van der Waals surface area contributed by atoms with E-state index in [-0.39, 0.29) is 12.5 Å². The third kappa shape index (κ3) is 5.37. The van der Waals surface area contributed by atoms with Crippen molar-refractivity contribution in [1.82, 2.24) is 4.90 Å². The number of nitrogens with zero attached hydrogens (tertiary/aromatic N) is 2. The summed E-state index contributed by atoms with van der Waals surface area (Å²) in [5.41, 5.74) is 3.93. The molecule has 0 aromatic heterocycles. The first kappa shape index (κ1) is 19.5. The zero-order valence-corrected chi connectivity index (χ0v) is 16.8. The number of halogens is 1. The normalized spacial score (nSPS) is 14.9. The predicted octanol–water partition coefficient (Wildman–Crippen LogP) is 3.73. The van der Waals surface area contributed by atoms with Crippen LogP contribution in [0.5, 0.6) is 5.75 Å². The predicted molar refractivity (Wildman–Crippen MR) is 111 cm³/mol. The fraction of sp³-hybridized carbons (Fsp3) is 0.381. The fourth-order valence-corrected chi connectivity index (χ4v) is 3.45. The summed E-state index contributed by atoms with van der Waals surface area (Å²) in [6.07, 6.45) is 0. The minimum absolute atomic E-state index is 0.0441. The Morgan fingerprint density at radius 1 is 1.07 bits per heavy atom. The number of ether oxygens (including phenoxy) is 1. The lowest BCUT2D eigenvalue weighted by atomic mass is 10.1. The number of rotatable bonds is 5. The van der Waals surface area contributed by atoms with Gasteiger partial charge in [0.2, 0.25) is 0 Å². The molecule has 1 N–H and O–H groups in total. The maximum absolute atomic E-state index is 12.4. The minimum atomic E-state index is -0.202. The van der Waals surface area contributed by atoms with Gasteiger partial charge in [0.15, 0.2) is 6.61 Å². The van der Waals surface area contributed by atoms with Crippen LogP contribution in [0.2, 0.25) is 5.02 Å². The highest BCUT2D eigenvalue weighted by Gasteiger charge is 2.18. The van der Waals surface area contributed by atoms with Crippen molar-refractivity contribution in [3.63, 3.8) is 0 Å². The Kier molecular flexibility index (Phi) is 6.24. The van der Waals surface area contributed by atoms with Crippen LogP contribution in [-0.4, -0.2) is 50.6 Å². The molecule has 1 aliphatic heterocycles. The second-order valence-electron chi connectivity index (χ2n) is 7.11. The number of amides is 1. The van der Waals surface area contributed by atoms with Crippen LogP contribution < -0.4 is 15.0 Å². The zero-order valence-electron chi connectivity index (χ0n) is 16.1. The smallest absolute Gasteiger partial charge is 0.262 e. The number of carbonyl (C=O) groups excluding carboxylic acids is 1. The number of carbonyl (C=O) groups is 1. The minimum Gasteiger partial charge on any atom is -0.484 e. The van der Waals surface area contributed by atoms with E-state index in [0.29, 0.717) is 10.8 Å². The van der Waals surface area contributed by atoms with Crippen molar-refractivity contribution in [2.45, 2.75) is 13.8 Å². The van der Waals surface area contributed by atoms with E-state index in [9.17, 15) is 4.79 Å². The van der Waals surface area contributed by atoms with Gasteiger partial charge in [0.1, 0.15) is 5.75 Å². The lowest BCUT2D eigenvalue weighted by Crippen LogP contribution is -2.44. The number of hydrogen-bond acceptors (Lipinski definition) is 4. The number of benzene rings is 2. The zero-order chi connectivity index (χ0) is 19.4. The number of anilines is 2. The van der Waals surface area contributed by atoms with Gasteiger partial charge in [-0.1, -0.05) is 17.7 Å². The van der Waals surface area contributed by atoms with Crippen molar-refractivity contribution in [1.29, 1.82) is 0 Å². The SMILES string of the molecule is Cc1cc(C)cc(OCC(=O)Nc2cc(Cl)ccc2N2CCN(C)CC2)c1. The molecular formula is C21H26ClN3O2. The van der Waals surface area contributed by atoms with Gasteiger partial charge in [-0.2, -0.15) is 0 Å². The van der Waals surface area contributed by atoms with E-state index in [1.54, 1.807) is 6.07 Å². The molecule has 144 valence electrons. The van der Waals surface area contributed by atoms with Crippen molar-refractivity contribution >= 4 is 28.9 Å². The monoisotopic (exact) mass is 387 g/mol. The summed E-state index contributed by atoms with van der Waals surface area (Å²) in [6, 6.07) is 11.5. The van der Waals surface area contributed by atoms with Gasteiger partial charge in [0.05, 0.1) is 11.4 Å². The molecule has 5 nitrogen and oxygen atoms in total. The lowest BCUT2D eigenvalue weighted by Gasteiger charge is -2.35. The first-order chi connectivity index (χ1) is 12.9. The van der Waals surface area contributed by atoms with Gasteiger partial charge in [0, 0.05) is 31.2 Å². The summed E-state index contributed by atoms with van der Waals surface area (Å²) in [6.45, 7) is 7.79. The Hall–Kier alpha value is -2.24. The Labute approximate surface area is 165 Å². The van der Waals surface area contributed by atoms with Crippen LogP contribution in [0.15, 0.2) is 36.4 Å². The van der Waals surface area contributed by atoms with Crippen LogP contribution in [0.3, 0.4) is 0 Å². The van der Waals surface area contributed by atoms with Crippen molar-refractivity contribution in [2.24, 2.45) is 0 Å². The third-order valence-electron chi connectivity index (χ3n) is 4.64. The fourth-order valence-electron chi connectivity index (χ4n) is 3.28. The molecule has 1 heterocycles. The van der Waals surface area contributed by atoms with Crippen molar-refractivity contribution < 1.29 is 9.53 Å². The maximum Gasteiger partial charge on any atom is 0.262 e. The summed E-state index contributed by atoms with van der Waals surface area (Å²) >= 11 is 6.16. The van der Waals surface area contributed by atoms with Crippen molar-refractivity contribution in [3.8, 4) is 5.75 Å². The molecule has 1 fully saturated rings. The maximum atomic E-state index is 12.4. The third-order valence-corrected chi connectivity index (χ3v) is 4.88. The highest BCUT2D eigenvalue weighted by molar-refractivity contribution is 6.31. The molecule has 0 atom stereocenters. The highest BCUT2D eigenvalue weighted by Crippen LogP contribution is 2.30. The first-order valence-electron chi connectivity index (χ1n) is 9.15. The molecule has 0 spiro atoms. The van der Waals surface area contributed by atoms with Gasteiger partial charge in [-0.25, -0.2) is 0 Å². The molecule has 0 bridgehead atoms. The van der Waals surface area contributed by atoms with Crippen LogP contribution in [0.25, 0.3) is 0 Å². The molecule has 1 saturated heterocycles. The van der Waals surface area contributed by atoms with Gasteiger partial charge in [0.25, 0.3) is 5.91 Å². The number of hydrogen-bond donors (Lipinski definition) is 1. The molecule has 1 aliphatic rings. The molecule has 0 saturated carbocycles. The van der Waals surface area contributed by atoms with E-state index in [0.717, 1.165) is 48.7 Å². The van der Waals surface area contributed by atoms with Crippen LogP contribution in [-0.2, 0) is 4.79 Å². The Morgan fingerprint density at radius 3 is 2.41 bits per heavy atom. The molecule has 2 aromatic carbocycles. The molecule has 2 aromatic rings. The molecule has 1 amide bonds. The van der Waals surface area contributed by atoms with Crippen LogP contribution in [0.4, 0.5) is 11.4 Å². The quantitative estimate of drug-likeness (QED) is 0.849. The summed E-state index contributed by atoms with van der Waals surface area (Å²) in [5.74, 6) is 0.500. The Bertz CT molecular complexity index is 797. The summed E-state index contributed by atoms with van der Waals surface area (Å²) < 4.78 is 5.67. The Balaban J connectivity index is 1.67. The largest absolute Gasteiger partial charge is 0.484 e. The lowest BCUT2D eigenvalue weighted by molar-refractivity contribution is -0.118. The van der Waals surface area contributed by atoms with Gasteiger partial charge in [-0.3, -0.25) is 4.79 Å². The molecule has 0 radical (unpaired) electrons. The molecule has 0 unspecified atom stereocenters. The topological polar surface area (TPSA) is 44.8 Å². The van der Waals surface area contributed by atoms with Crippen LogP contribution in [0, 0.1) is 13.8 Å². The number of aryl methyl sites for hydroxylation is 2. The van der Waals surface area contributed by atoms with Gasteiger partial charge >= 0.3 is 0 Å². The van der Waals surface area contributed by atoms with Crippen LogP contribution in [0.1, 0.15) is 11.1 Å². The van der Waals surface area contributed by atoms with Gasteiger partial charge in [-0.05, 0) is 62.4 Å². The highest BCUT2D eigenvalue weighted by atomic mass is 35.5. The van der Waals surface area contributed by atoms with Crippen molar-refractivity contribution in [2.75, 3.05) is 50.1 Å². The number of likely N-dealkylation sites (N-methyl/N-ethyl adjacent to an activating group) is 1. The molecule has 3 rings (SSSR count). The van der Waals surface area contributed by atoms with E-state index in [1.165, 1.54) is 0 Å². The van der Waals surface area contributed by atoms with Crippen LogP contribution >= 0.6 is 11.6 Å². The summed E-state index contributed by atoms with van der Waals surface area (Å²) in [4.78, 5) is 17.0. The number of piperazine rings is 1. The molecule has 27 heavy (non-hydrogen) atoms. The van der Waals surface area contributed by atoms with Gasteiger partial charge < -0.3 is 19.9 Å². The first-order valence-corrected chi connectivity index (χ1v) is 9.52. The summed E-state index contributed by atoms with van der Waals surface area (Å²) in [7, 11) is 2.12. The Morgan fingerprint density at radius 2 is 1.74 bits per heavy atom. The van der Waals surface area contributed by atoms with E-state index >= 15 is 0 Å². The van der Waals surface area contributed by atoms with E-state index in [2.05, 4.69) is 28.2 Å². The molecule has 6 heteroatoms. The second-order valence-corrected chi connectivity index (χ2v) is 7.55. The van der Waals surface area contributed by atoms with E-state index in [1.807, 2.05) is 38.1 Å². The summed E-state index contributed by atoms with van der Waals surface area (Å²) in [5, 5.41) is 3.55. The standard InChI is InChI=1S/C21H26ClN3O2/c1-15-10-16(2)12-18(11-15)27-14-21(26)23-19-13-17(22)4-5-20(19)25-8-6-24(3)7-9-25/h4-5,10-13H,6-9,14H2,1-3H3,(H,23,26). The molecular weight excluding hydrogens is 362 g/mol. The van der Waals surface area contributed by atoms with Crippen molar-refractivity contribution in [3.05, 3.63) is 52.5 Å². The second kappa shape index (κ2) is 8.63. The van der Waals surface area contributed by atoms with E-state index < -0.39 is 0 Å². The molecule has 0 aliphatic carbocycles. The van der Waals surface area contributed by atoms with E-state index in [4.69, 9.17) is 16.3 Å². The number of nitrogens with one attached hydrogen (secondary N) is 1. The van der Waals surface area contributed by atoms with Gasteiger partial charge in [-0.15, -0.1) is 0 Å². The average Bonchev–Trinajstić information content (AvgIpc) is 2.60. The average molecular weight is 388 g/mol.